The lowest BCUT2D eigenvalue weighted by Crippen LogP contribution is -2.25. The standard InChI is InChI=1S/C23H38O6/c1-2-3-4-5-10-13-16-21(29-27)17-14-11-8-6-7-9-12-15-18-23(26)28-22(19-24)20-25/h7-11,13-14,17,21-22,24-25,27H,2-6,12,15-16,18-20H2,1H3/b9-7-,11-8-,13-10-,17-14-/t21-/m0/s1. The minimum absolute atomic E-state index is 0.259. The van der Waals surface area contributed by atoms with E-state index in [0.29, 0.717) is 12.8 Å². The minimum atomic E-state index is -0.825. The average molecular weight is 411 g/mol. The first-order valence-corrected chi connectivity index (χ1v) is 10.5. The van der Waals surface area contributed by atoms with Crippen LogP contribution in [0.1, 0.15) is 64.7 Å². The molecule has 0 amide bonds. The van der Waals surface area contributed by atoms with Crippen LogP contribution in [0.15, 0.2) is 48.6 Å². The molecule has 0 aliphatic carbocycles. The largest absolute Gasteiger partial charge is 0.457 e. The smallest absolute Gasteiger partial charge is 0.306 e. The molecule has 0 fully saturated rings. The van der Waals surface area contributed by atoms with E-state index in [1.54, 1.807) is 0 Å². The van der Waals surface area contributed by atoms with Gasteiger partial charge in [0.1, 0.15) is 12.2 Å². The molecule has 29 heavy (non-hydrogen) atoms. The van der Waals surface area contributed by atoms with Crippen molar-refractivity contribution in [2.24, 2.45) is 0 Å². The van der Waals surface area contributed by atoms with Gasteiger partial charge >= 0.3 is 5.97 Å². The fraction of sp³-hybridized carbons (Fsp3) is 0.609. The highest BCUT2D eigenvalue weighted by atomic mass is 17.1. The Labute approximate surface area is 175 Å². The topological polar surface area (TPSA) is 96.2 Å². The van der Waals surface area contributed by atoms with Gasteiger partial charge in [0.2, 0.25) is 0 Å². The molecule has 0 heterocycles. The molecular formula is C23H38O6. The van der Waals surface area contributed by atoms with E-state index in [9.17, 15) is 4.79 Å². The minimum Gasteiger partial charge on any atom is -0.457 e. The van der Waals surface area contributed by atoms with E-state index in [0.717, 1.165) is 19.3 Å². The van der Waals surface area contributed by atoms with Crippen molar-refractivity contribution in [1.82, 2.24) is 0 Å². The van der Waals surface area contributed by atoms with Crippen LogP contribution in [-0.2, 0) is 14.4 Å². The maximum atomic E-state index is 11.5. The van der Waals surface area contributed by atoms with Crippen LogP contribution in [0.25, 0.3) is 0 Å². The van der Waals surface area contributed by atoms with Gasteiger partial charge in [0, 0.05) is 6.42 Å². The summed E-state index contributed by atoms with van der Waals surface area (Å²) < 4.78 is 4.88. The van der Waals surface area contributed by atoms with E-state index in [4.69, 9.17) is 20.2 Å². The van der Waals surface area contributed by atoms with Gasteiger partial charge in [-0.1, -0.05) is 68.4 Å². The van der Waals surface area contributed by atoms with Crippen LogP contribution in [0, 0.1) is 0 Å². The molecule has 0 unspecified atom stereocenters. The molecule has 0 aromatic heterocycles. The Balaban J connectivity index is 3.84. The third-order valence-corrected chi connectivity index (χ3v) is 4.11. The number of allylic oxidation sites excluding steroid dienone is 6. The van der Waals surface area contributed by atoms with E-state index >= 15 is 0 Å². The number of carbonyl (C=O) groups is 1. The normalized spacial score (nSPS) is 13.6. The van der Waals surface area contributed by atoms with Crippen LogP contribution in [0.3, 0.4) is 0 Å². The fourth-order valence-electron chi connectivity index (χ4n) is 2.40. The molecule has 0 rings (SSSR count). The number of aliphatic hydroxyl groups excluding tert-OH is 2. The second-order valence-electron chi connectivity index (χ2n) is 6.74. The third-order valence-electron chi connectivity index (χ3n) is 4.11. The second kappa shape index (κ2) is 21.0. The molecular weight excluding hydrogens is 372 g/mol. The van der Waals surface area contributed by atoms with E-state index in [-0.39, 0.29) is 25.7 Å². The Morgan fingerprint density at radius 2 is 1.66 bits per heavy atom. The maximum absolute atomic E-state index is 11.5. The van der Waals surface area contributed by atoms with Crippen molar-refractivity contribution >= 4 is 5.97 Å². The second-order valence-corrected chi connectivity index (χ2v) is 6.74. The number of unbranched alkanes of at least 4 members (excludes halogenated alkanes) is 4. The van der Waals surface area contributed by atoms with Gasteiger partial charge in [-0.15, -0.1) is 0 Å². The molecule has 0 aromatic rings. The van der Waals surface area contributed by atoms with Crippen LogP contribution in [0.4, 0.5) is 0 Å². The lowest BCUT2D eigenvalue weighted by Gasteiger charge is -2.11. The molecule has 6 heteroatoms. The van der Waals surface area contributed by atoms with Gasteiger partial charge in [-0.25, -0.2) is 4.89 Å². The lowest BCUT2D eigenvalue weighted by atomic mass is 10.1. The zero-order chi connectivity index (χ0) is 21.6. The van der Waals surface area contributed by atoms with Gasteiger partial charge in [-0.2, -0.15) is 0 Å². The van der Waals surface area contributed by atoms with Crippen molar-refractivity contribution in [1.29, 1.82) is 0 Å². The molecule has 3 N–H and O–H groups in total. The summed E-state index contributed by atoms with van der Waals surface area (Å²) in [6.45, 7) is 1.44. The Hall–Kier alpha value is -1.73. The summed E-state index contributed by atoms with van der Waals surface area (Å²) in [6.07, 6.45) is 22.4. The summed E-state index contributed by atoms with van der Waals surface area (Å²) in [5.74, 6) is -0.409. The summed E-state index contributed by atoms with van der Waals surface area (Å²) in [5, 5.41) is 26.6. The number of hydrogen-bond acceptors (Lipinski definition) is 6. The Morgan fingerprint density at radius 3 is 2.34 bits per heavy atom. The summed E-state index contributed by atoms with van der Waals surface area (Å²) in [6, 6.07) is 0. The van der Waals surface area contributed by atoms with Crippen LogP contribution in [0.5, 0.6) is 0 Å². The molecule has 6 nitrogen and oxygen atoms in total. The first kappa shape index (κ1) is 27.3. The van der Waals surface area contributed by atoms with Crippen molar-refractivity contribution in [2.45, 2.75) is 76.9 Å². The molecule has 166 valence electrons. The van der Waals surface area contributed by atoms with Gasteiger partial charge in [0.25, 0.3) is 0 Å². The van der Waals surface area contributed by atoms with E-state index < -0.39 is 12.1 Å². The van der Waals surface area contributed by atoms with Crippen molar-refractivity contribution in [3.05, 3.63) is 48.6 Å². The summed E-state index contributed by atoms with van der Waals surface area (Å²) in [5.41, 5.74) is 0. The quantitative estimate of drug-likeness (QED) is 0.0769. The fourth-order valence-corrected chi connectivity index (χ4v) is 2.40. The average Bonchev–Trinajstić information content (AvgIpc) is 2.74. The first-order chi connectivity index (χ1) is 14.2. The van der Waals surface area contributed by atoms with Gasteiger partial charge in [0.05, 0.1) is 13.2 Å². The van der Waals surface area contributed by atoms with Crippen LogP contribution >= 0.6 is 0 Å². The molecule has 0 aliphatic rings. The predicted molar refractivity (Wildman–Crippen MR) is 115 cm³/mol. The predicted octanol–water partition coefficient (Wildman–Crippen LogP) is 4.50. The van der Waals surface area contributed by atoms with E-state index in [1.807, 2.05) is 42.5 Å². The molecule has 0 saturated heterocycles. The molecule has 1 atom stereocenters. The Morgan fingerprint density at radius 1 is 0.931 bits per heavy atom. The SMILES string of the molecule is CCCCC/C=C\C[C@@H](/C=C\C=C/C/C=C\CCCC(=O)OC(CO)CO)OO. The van der Waals surface area contributed by atoms with Crippen molar-refractivity contribution in [2.75, 3.05) is 13.2 Å². The Bertz CT molecular complexity index is 492. The molecule has 0 spiro atoms. The summed E-state index contributed by atoms with van der Waals surface area (Å²) >= 11 is 0. The monoisotopic (exact) mass is 410 g/mol. The van der Waals surface area contributed by atoms with E-state index in [2.05, 4.69) is 17.9 Å². The third kappa shape index (κ3) is 18.1. The number of esters is 1. The first-order valence-electron chi connectivity index (χ1n) is 10.5. The lowest BCUT2D eigenvalue weighted by molar-refractivity contribution is -0.264. The highest BCUT2D eigenvalue weighted by Crippen LogP contribution is 2.05. The molecule has 0 radical (unpaired) electrons. The van der Waals surface area contributed by atoms with Gasteiger partial charge in [-0.05, 0) is 38.5 Å². The molecule has 0 aliphatic heterocycles. The van der Waals surface area contributed by atoms with Gasteiger partial charge in [0.15, 0.2) is 0 Å². The van der Waals surface area contributed by atoms with Gasteiger partial charge < -0.3 is 14.9 Å². The number of ether oxygens (including phenoxy) is 1. The van der Waals surface area contributed by atoms with Crippen LogP contribution in [-0.4, -0.2) is 46.9 Å². The van der Waals surface area contributed by atoms with Crippen LogP contribution in [0.2, 0.25) is 0 Å². The zero-order valence-electron chi connectivity index (χ0n) is 17.6. The van der Waals surface area contributed by atoms with E-state index in [1.165, 1.54) is 19.3 Å². The van der Waals surface area contributed by atoms with Crippen LogP contribution < -0.4 is 0 Å². The molecule has 0 saturated carbocycles. The van der Waals surface area contributed by atoms with Crippen molar-refractivity contribution < 1.29 is 29.9 Å². The highest BCUT2D eigenvalue weighted by Gasteiger charge is 2.11. The van der Waals surface area contributed by atoms with Crippen molar-refractivity contribution in [3.8, 4) is 0 Å². The number of carbonyl (C=O) groups excluding carboxylic acids is 1. The highest BCUT2D eigenvalue weighted by molar-refractivity contribution is 5.69. The van der Waals surface area contributed by atoms with Crippen molar-refractivity contribution in [3.63, 3.8) is 0 Å². The zero-order valence-corrected chi connectivity index (χ0v) is 17.6. The molecule has 0 aromatic carbocycles. The van der Waals surface area contributed by atoms with Gasteiger partial charge in [-0.3, -0.25) is 10.1 Å². The summed E-state index contributed by atoms with van der Waals surface area (Å²) in [7, 11) is 0. The molecule has 0 bridgehead atoms. The maximum Gasteiger partial charge on any atom is 0.306 e. The number of aliphatic hydroxyl groups is 2. The number of rotatable bonds is 18. The number of hydrogen-bond donors (Lipinski definition) is 3. The summed E-state index contributed by atoms with van der Waals surface area (Å²) in [4.78, 5) is 15.9. The Kier molecular flexibility index (Phi) is 19.7.